The van der Waals surface area contributed by atoms with Crippen LogP contribution in [0.15, 0.2) is 30.3 Å². The molecule has 0 spiro atoms. The molecule has 0 N–H and O–H groups in total. The Labute approximate surface area is 79.7 Å². The topological polar surface area (TPSA) is 9.23 Å². The molecule has 70 valence electrons. The van der Waals surface area contributed by atoms with Crippen molar-refractivity contribution in [3.05, 3.63) is 35.9 Å². The van der Waals surface area contributed by atoms with E-state index < -0.39 is 0 Å². The Hall–Kier alpha value is -0.820. The highest BCUT2D eigenvalue weighted by molar-refractivity contribution is 5.22. The van der Waals surface area contributed by atoms with E-state index in [4.69, 9.17) is 4.74 Å². The summed E-state index contributed by atoms with van der Waals surface area (Å²) in [5, 5.41) is 0. The fourth-order valence-electron chi connectivity index (χ4n) is 2.25. The highest BCUT2D eigenvalue weighted by Crippen LogP contribution is 2.35. The van der Waals surface area contributed by atoms with E-state index in [9.17, 15) is 0 Å². The van der Waals surface area contributed by atoms with Crippen molar-refractivity contribution in [1.29, 1.82) is 0 Å². The standard InChI is InChI=1S/C12H16O/c1-9-8-13-10(2)12(9)11-6-4-3-5-7-11/h3-7,9-10,12H,8H2,1-2H3/t9-,10-,12+/m0/s1. The molecule has 1 aromatic carbocycles. The predicted molar refractivity (Wildman–Crippen MR) is 53.8 cm³/mol. The fraction of sp³-hybridized carbons (Fsp3) is 0.500. The van der Waals surface area contributed by atoms with E-state index in [2.05, 4.69) is 44.2 Å². The van der Waals surface area contributed by atoms with E-state index in [1.807, 2.05) is 0 Å². The maximum atomic E-state index is 5.63. The number of hydrogen-bond donors (Lipinski definition) is 0. The van der Waals surface area contributed by atoms with Gasteiger partial charge in [-0.05, 0) is 18.4 Å². The first-order chi connectivity index (χ1) is 6.29. The Bertz CT molecular complexity index is 258. The fourth-order valence-corrected chi connectivity index (χ4v) is 2.25. The quantitative estimate of drug-likeness (QED) is 0.639. The molecule has 1 aromatic rings. The normalized spacial score (nSPS) is 33.5. The summed E-state index contributed by atoms with van der Waals surface area (Å²) in [4.78, 5) is 0. The van der Waals surface area contributed by atoms with Gasteiger partial charge in [0.15, 0.2) is 0 Å². The van der Waals surface area contributed by atoms with Gasteiger partial charge in [-0.1, -0.05) is 37.3 Å². The molecule has 1 fully saturated rings. The molecular formula is C12H16O. The Balaban J connectivity index is 2.25. The second-order valence-electron chi connectivity index (χ2n) is 3.95. The third kappa shape index (κ3) is 1.61. The first-order valence-corrected chi connectivity index (χ1v) is 4.95. The van der Waals surface area contributed by atoms with Crippen molar-refractivity contribution in [1.82, 2.24) is 0 Å². The Kier molecular flexibility index (Phi) is 2.36. The average Bonchev–Trinajstić information content (AvgIpc) is 2.48. The van der Waals surface area contributed by atoms with Crippen molar-refractivity contribution < 1.29 is 4.74 Å². The van der Waals surface area contributed by atoms with Crippen molar-refractivity contribution in [3.8, 4) is 0 Å². The van der Waals surface area contributed by atoms with Gasteiger partial charge in [-0.3, -0.25) is 0 Å². The molecule has 1 heterocycles. The first kappa shape index (κ1) is 8.76. The Morgan fingerprint density at radius 1 is 1.15 bits per heavy atom. The molecule has 3 atom stereocenters. The summed E-state index contributed by atoms with van der Waals surface area (Å²) in [6.07, 6.45) is 0.373. The van der Waals surface area contributed by atoms with Gasteiger partial charge in [0, 0.05) is 5.92 Å². The molecule has 0 bridgehead atoms. The number of benzene rings is 1. The van der Waals surface area contributed by atoms with E-state index in [-0.39, 0.29) is 0 Å². The van der Waals surface area contributed by atoms with Gasteiger partial charge in [0.25, 0.3) is 0 Å². The molecule has 0 saturated carbocycles. The van der Waals surface area contributed by atoms with Crippen molar-refractivity contribution in [2.24, 2.45) is 5.92 Å². The largest absolute Gasteiger partial charge is 0.378 e. The minimum atomic E-state index is 0.373. The van der Waals surface area contributed by atoms with Crippen LogP contribution < -0.4 is 0 Å². The minimum absolute atomic E-state index is 0.373. The summed E-state index contributed by atoms with van der Waals surface area (Å²) in [7, 11) is 0. The van der Waals surface area contributed by atoms with Crippen LogP contribution in [0.3, 0.4) is 0 Å². The minimum Gasteiger partial charge on any atom is -0.378 e. The maximum absolute atomic E-state index is 5.63. The smallest absolute Gasteiger partial charge is 0.0619 e. The molecular weight excluding hydrogens is 160 g/mol. The Morgan fingerprint density at radius 2 is 1.85 bits per heavy atom. The monoisotopic (exact) mass is 176 g/mol. The molecule has 1 saturated heterocycles. The molecule has 0 aromatic heterocycles. The summed E-state index contributed by atoms with van der Waals surface area (Å²) in [6, 6.07) is 10.7. The van der Waals surface area contributed by atoms with Crippen LogP contribution in [0.4, 0.5) is 0 Å². The third-order valence-corrected chi connectivity index (χ3v) is 2.93. The average molecular weight is 176 g/mol. The van der Waals surface area contributed by atoms with Crippen LogP contribution in [-0.4, -0.2) is 12.7 Å². The van der Waals surface area contributed by atoms with Gasteiger partial charge in [0.1, 0.15) is 0 Å². The van der Waals surface area contributed by atoms with Crippen molar-refractivity contribution in [3.63, 3.8) is 0 Å². The van der Waals surface area contributed by atoms with Gasteiger partial charge in [0.2, 0.25) is 0 Å². The van der Waals surface area contributed by atoms with Gasteiger partial charge in [-0.25, -0.2) is 0 Å². The lowest BCUT2D eigenvalue weighted by molar-refractivity contribution is 0.115. The molecule has 1 aliphatic heterocycles. The number of hydrogen-bond acceptors (Lipinski definition) is 1. The predicted octanol–water partition coefficient (Wildman–Crippen LogP) is 2.83. The van der Waals surface area contributed by atoms with Crippen LogP contribution in [0.5, 0.6) is 0 Å². The maximum Gasteiger partial charge on any atom is 0.0619 e. The van der Waals surface area contributed by atoms with E-state index in [0.717, 1.165) is 6.61 Å². The number of ether oxygens (including phenoxy) is 1. The van der Waals surface area contributed by atoms with Crippen LogP contribution in [-0.2, 0) is 4.74 Å². The van der Waals surface area contributed by atoms with Crippen LogP contribution >= 0.6 is 0 Å². The lowest BCUT2D eigenvalue weighted by atomic mass is 9.86. The second kappa shape index (κ2) is 3.51. The SMILES string of the molecule is C[C@@H]1OC[C@H](C)[C@H]1c1ccccc1. The third-order valence-electron chi connectivity index (χ3n) is 2.93. The molecule has 0 radical (unpaired) electrons. The summed E-state index contributed by atoms with van der Waals surface area (Å²) >= 11 is 0. The molecule has 1 aliphatic rings. The van der Waals surface area contributed by atoms with Crippen molar-refractivity contribution >= 4 is 0 Å². The van der Waals surface area contributed by atoms with E-state index in [1.54, 1.807) is 0 Å². The number of rotatable bonds is 1. The van der Waals surface area contributed by atoms with Gasteiger partial charge in [-0.2, -0.15) is 0 Å². The molecule has 0 unspecified atom stereocenters. The Morgan fingerprint density at radius 3 is 2.38 bits per heavy atom. The van der Waals surface area contributed by atoms with Crippen molar-refractivity contribution in [2.75, 3.05) is 6.61 Å². The molecule has 0 aliphatic carbocycles. The second-order valence-corrected chi connectivity index (χ2v) is 3.95. The van der Waals surface area contributed by atoms with E-state index >= 15 is 0 Å². The molecule has 0 amide bonds. The molecule has 1 nitrogen and oxygen atoms in total. The highest BCUT2D eigenvalue weighted by Gasteiger charge is 2.32. The zero-order chi connectivity index (χ0) is 9.26. The summed E-state index contributed by atoms with van der Waals surface area (Å²) in [5.41, 5.74) is 1.42. The molecule has 13 heavy (non-hydrogen) atoms. The molecule has 2 rings (SSSR count). The van der Waals surface area contributed by atoms with Crippen LogP contribution in [0.1, 0.15) is 25.3 Å². The van der Waals surface area contributed by atoms with Crippen LogP contribution in [0.2, 0.25) is 0 Å². The highest BCUT2D eigenvalue weighted by atomic mass is 16.5. The van der Waals surface area contributed by atoms with Crippen LogP contribution in [0, 0.1) is 5.92 Å². The zero-order valence-electron chi connectivity index (χ0n) is 8.23. The van der Waals surface area contributed by atoms with E-state index in [0.29, 0.717) is 17.9 Å². The zero-order valence-corrected chi connectivity index (χ0v) is 8.23. The summed E-state index contributed by atoms with van der Waals surface area (Å²) < 4.78 is 5.63. The van der Waals surface area contributed by atoms with Gasteiger partial charge in [0.05, 0.1) is 12.7 Å². The summed E-state index contributed by atoms with van der Waals surface area (Å²) in [6.45, 7) is 5.34. The van der Waals surface area contributed by atoms with Gasteiger partial charge >= 0.3 is 0 Å². The first-order valence-electron chi connectivity index (χ1n) is 4.95. The van der Waals surface area contributed by atoms with Crippen LogP contribution in [0.25, 0.3) is 0 Å². The molecule has 1 heteroatoms. The lowest BCUT2D eigenvalue weighted by Gasteiger charge is -2.17. The van der Waals surface area contributed by atoms with Crippen molar-refractivity contribution in [2.45, 2.75) is 25.9 Å². The van der Waals surface area contributed by atoms with Gasteiger partial charge in [-0.15, -0.1) is 0 Å². The summed E-state index contributed by atoms with van der Waals surface area (Å²) in [5.74, 6) is 1.23. The van der Waals surface area contributed by atoms with Gasteiger partial charge < -0.3 is 4.74 Å². The van der Waals surface area contributed by atoms with E-state index in [1.165, 1.54) is 5.56 Å². The lowest BCUT2D eigenvalue weighted by Crippen LogP contribution is -2.13.